The summed E-state index contributed by atoms with van der Waals surface area (Å²) in [5.74, 6) is -0.548. The number of nitrogens with zero attached hydrogens (tertiary/aromatic N) is 5. The highest BCUT2D eigenvalue weighted by molar-refractivity contribution is 5.84. The van der Waals surface area contributed by atoms with E-state index in [2.05, 4.69) is 15.2 Å². The van der Waals surface area contributed by atoms with Crippen LogP contribution in [0.15, 0.2) is 6.20 Å². The molecule has 26 heavy (non-hydrogen) atoms. The number of rotatable bonds is 5. The van der Waals surface area contributed by atoms with E-state index >= 15 is 0 Å². The lowest BCUT2D eigenvalue weighted by molar-refractivity contribution is -0.134. The average molecular weight is 363 g/mol. The summed E-state index contributed by atoms with van der Waals surface area (Å²) in [5, 5.41) is 16.5. The van der Waals surface area contributed by atoms with Crippen LogP contribution in [0.3, 0.4) is 0 Å². The van der Waals surface area contributed by atoms with Crippen molar-refractivity contribution < 1.29 is 14.7 Å². The molecular weight excluding hydrogens is 334 g/mol. The van der Waals surface area contributed by atoms with Gasteiger partial charge in [0.25, 0.3) is 0 Å². The smallest absolute Gasteiger partial charge is 0.358 e. The predicted molar refractivity (Wildman–Crippen MR) is 95.8 cm³/mol. The molecule has 0 spiro atoms. The summed E-state index contributed by atoms with van der Waals surface area (Å²) >= 11 is 0. The van der Waals surface area contributed by atoms with Gasteiger partial charge >= 0.3 is 5.97 Å². The molecule has 1 amide bonds. The zero-order valence-corrected chi connectivity index (χ0v) is 15.3. The molecule has 2 aliphatic rings. The highest BCUT2D eigenvalue weighted by atomic mass is 16.4. The summed E-state index contributed by atoms with van der Waals surface area (Å²) in [7, 11) is 0. The SMILES string of the molecule is O=C(O)c1cn(CC2CCCN(C(=O)CN3CCCCCCC3)C2)nn1. The van der Waals surface area contributed by atoms with Crippen LogP contribution in [-0.2, 0) is 11.3 Å². The summed E-state index contributed by atoms with van der Waals surface area (Å²) < 4.78 is 1.58. The van der Waals surface area contributed by atoms with Crippen LogP contribution >= 0.6 is 0 Å². The topological polar surface area (TPSA) is 91.6 Å². The van der Waals surface area contributed by atoms with Gasteiger partial charge < -0.3 is 10.0 Å². The molecule has 144 valence electrons. The van der Waals surface area contributed by atoms with Crippen LogP contribution in [0.25, 0.3) is 0 Å². The molecule has 0 bridgehead atoms. The van der Waals surface area contributed by atoms with E-state index in [4.69, 9.17) is 5.11 Å². The fourth-order valence-corrected chi connectivity index (χ4v) is 3.95. The molecule has 1 aromatic heterocycles. The fourth-order valence-electron chi connectivity index (χ4n) is 3.95. The zero-order valence-electron chi connectivity index (χ0n) is 15.3. The van der Waals surface area contributed by atoms with Gasteiger partial charge in [-0.3, -0.25) is 14.4 Å². The maximum absolute atomic E-state index is 12.7. The Morgan fingerprint density at radius 1 is 1.08 bits per heavy atom. The minimum absolute atomic E-state index is 0.0363. The lowest BCUT2D eigenvalue weighted by atomic mass is 9.98. The highest BCUT2D eigenvalue weighted by Crippen LogP contribution is 2.19. The fraction of sp³-hybridized carbons (Fsp3) is 0.778. The number of piperidine rings is 1. The minimum atomic E-state index is -1.06. The van der Waals surface area contributed by atoms with Gasteiger partial charge in [-0.15, -0.1) is 5.10 Å². The zero-order chi connectivity index (χ0) is 18.4. The number of carbonyl (C=O) groups excluding carboxylic acids is 1. The van der Waals surface area contributed by atoms with Gasteiger partial charge in [0.1, 0.15) is 0 Å². The normalized spacial score (nSPS) is 22.6. The Morgan fingerprint density at radius 2 is 1.81 bits per heavy atom. The van der Waals surface area contributed by atoms with Gasteiger partial charge in [0.2, 0.25) is 5.91 Å². The van der Waals surface area contributed by atoms with Gasteiger partial charge in [-0.05, 0) is 44.7 Å². The summed E-state index contributed by atoms with van der Waals surface area (Å²) in [4.78, 5) is 27.9. The number of hydrogen-bond donors (Lipinski definition) is 1. The Labute approximate surface area is 154 Å². The van der Waals surface area contributed by atoms with Gasteiger partial charge in [0.15, 0.2) is 5.69 Å². The first-order valence-corrected chi connectivity index (χ1v) is 9.75. The molecule has 1 aromatic rings. The first-order valence-electron chi connectivity index (χ1n) is 9.75. The van der Waals surface area contributed by atoms with Crippen molar-refractivity contribution in [1.29, 1.82) is 0 Å². The molecule has 0 aliphatic carbocycles. The van der Waals surface area contributed by atoms with E-state index < -0.39 is 5.97 Å². The summed E-state index contributed by atoms with van der Waals surface area (Å²) in [6.45, 7) is 4.72. The number of amides is 1. The molecule has 8 nitrogen and oxygen atoms in total. The third-order valence-electron chi connectivity index (χ3n) is 5.38. The highest BCUT2D eigenvalue weighted by Gasteiger charge is 2.25. The molecule has 1 unspecified atom stereocenters. The number of likely N-dealkylation sites (tertiary alicyclic amines) is 2. The number of aromatic nitrogens is 3. The number of carboxylic acids is 1. The van der Waals surface area contributed by atoms with Gasteiger partial charge in [-0.1, -0.05) is 24.5 Å². The van der Waals surface area contributed by atoms with Gasteiger partial charge in [-0.25, -0.2) is 4.79 Å². The molecule has 0 saturated carbocycles. The number of aromatic carboxylic acids is 1. The quantitative estimate of drug-likeness (QED) is 0.852. The molecule has 0 aromatic carbocycles. The Hall–Kier alpha value is -1.96. The van der Waals surface area contributed by atoms with Crippen LogP contribution in [0.2, 0.25) is 0 Å². The van der Waals surface area contributed by atoms with Gasteiger partial charge in [0.05, 0.1) is 12.7 Å². The second kappa shape index (κ2) is 9.12. The van der Waals surface area contributed by atoms with Crippen LogP contribution < -0.4 is 0 Å². The van der Waals surface area contributed by atoms with E-state index in [9.17, 15) is 9.59 Å². The Kier molecular flexibility index (Phi) is 6.60. The summed E-state index contributed by atoms with van der Waals surface area (Å²) in [6, 6.07) is 0. The van der Waals surface area contributed by atoms with E-state index in [-0.39, 0.29) is 11.6 Å². The molecule has 3 heterocycles. The van der Waals surface area contributed by atoms with Crippen molar-refractivity contribution in [1.82, 2.24) is 24.8 Å². The van der Waals surface area contributed by atoms with Crippen LogP contribution in [0.1, 0.15) is 55.4 Å². The summed E-state index contributed by atoms with van der Waals surface area (Å²) in [6.07, 6.45) is 9.71. The van der Waals surface area contributed by atoms with E-state index in [1.807, 2.05) is 4.90 Å². The average Bonchev–Trinajstić information content (AvgIpc) is 3.06. The number of hydrogen-bond acceptors (Lipinski definition) is 5. The maximum atomic E-state index is 12.7. The molecule has 2 fully saturated rings. The third kappa shape index (κ3) is 5.27. The van der Waals surface area contributed by atoms with Crippen molar-refractivity contribution in [3.05, 3.63) is 11.9 Å². The van der Waals surface area contributed by atoms with Crippen LogP contribution in [0.4, 0.5) is 0 Å². The van der Waals surface area contributed by atoms with Crippen molar-refractivity contribution in [2.75, 3.05) is 32.7 Å². The second-order valence-corrected chi connectivity index (χ2v) is 7.52. The van der Waals surface area contributed by atoms with Crippen LogP contribution in [0, 0.1) is 5.92 Å². The first kappa shape index (κ1) is 18.8. The Balaban J connectivity index is 1.50. The molecule has 1 N–H and O–H groups in total. The first-order chi connectivity index (χ1) is 12.6. The largest absolute Gasteiger partial charge is 0.476 e. The van der Waals surface area contributed by atoms with Gasteiger partial charge in [-0.2, -0.15) is 0 Å². The molecule has 3 rings (SSSR count). The minimum Gasteiger partial charge on any atom is -0.476 e. The molecule has 2 saturated heterocycles. The number of carbonyl (C=O) groups is 2. The van der Waals surface area contributed by atoms with E-state index in [1.165, 1.54) is 38.3 Å². The molecule has 1 atom stereocenters. The van der Waals surface area contributed by atoms with Crippen molar-refractivity contribution in [2.45, 2.75) is 51.5 Å². The molecule has 2 aliphatic heterocycles. The predicted octanol–water partition coefficient (Wildman–Crippen LogP) is 1.48. The van der Waals surface area contributed by atoms with Crippen molar-refractivity contribution in [3.63, 3.8) is 0 Å². The lowest BCUT2D eigenvalue weighted by Crippen LogP contribution is -2.46. The Morgan fingerprint density at radius 3 is 2.50 bits per heavy atom. The van der Waals surface area contributed by atoms with Crippen molar-refractivity contribution >= 4 is 11.9 Å². The van der Waals surface area contributed by atoms with E-state index in [1.54, 1.807) is 4.68 Å². The van der Waals surface area contributed by atoms with E-state index in [0.717, 1.165) is 39.0 Å². The molecular formula is C18H29N5O3. The molecule has 0 radical (unpaired) electrons. The number of carboxylic acid groups (broad SMARTS) is 1. The molecule has 8 heteroatoms. The summed E-state index contributed by atoms with van der Waals surface area (Å²) in [5.41, 5.74) is -0.0363. The Bertz CT molecular complexity index is 610. The monoisotopic (exact) mass is 363 g/mol. The lowest BCUT2D eigenvalue weighted by Gasteiger charge is -2.34. The van der Waals surface area contributed by atoms with Crippen LogP contribution in [-0.4, -0.2) is 74.5 Å². The standard InChI is InChI=1S/C18H29N5O3/c24-17(14-21-8-4-2-1-3-5-9-21)22-10-6-7-15(11-22)12-23-13-16(18(25)26)19-20-23/h13,15H,1-12,14H2,(H,25,26). The van der Waals surface area contributed by atoms with Crippen LogP contribution in [0.5, 0.6) is 0 Å². The van der Waals surface area contributed by atoms with Crippen molar-refractivity contribution in [2.24, 2.45) is 5.92 Å². The van der Waals surface area contributed by atoms with Crippen molar-refractivity contribution in [3.8, 4) is 0 Å². The second-order valence-electron chi connectivity index (χ2n) is 7.52. The maximum Gasteiger partial charge on any atom is 0.358 e. The third-order valence-corrected chi connectivity index (χ3v) is 5.38. The van der Waals surface area contributed by atoms with E-state index in [0.29, 0.717) is 19.0 Å². The van der Waals surface area contributed by atoms with Gasteiger partial charge in [0, 0.05) is 19.6 Å².